The molecule has 2 aromatic carbocycles. The van der Waals surface area contributed by atoms with Gasteiger partial charge in [-0.05, 0) is 61.7 Å². The lowest BCUT2D eigenvalue weighted by Gasteiger charge is -2.41. The van der Waals surface area contributed by atoms with Crippen molar-refractivity contribution in [2.24, 2.45) is 0 Å². The van der Waals surface area contributed by atoms with Crippen LogP contribution in [0.2, 0.25) is 0 Å². The molecule has 1 aliphatic rings. The molecule has 1 aliphatic heterocycles. The van der Waals surface area contributed by atoms with Crippen molar-refractivity contribution < 1.29 is 9.18 Å². The number of benzene rings is 2. The minimum Gasteiger partial charge on any atom is -0.349 e. The molecule has 1 aromatic heterocycles. The minimum absolute atomic E-state index is 0.128. The average molecular weight is 420 g/mol. The summed E-state index contributed by atoms with van der Waals surface area (Å²) in [5.74, 6) is -0.769. The quantitative estimate of drug-likeness (QED) is 0.689. The number of rotatable bonds is 5. The van der Waals surface area contributed by atoms with Crippen molar-refractivity contribution in [2.45, 2.75) is 32.4 Å². The standard InChI is InChI=1S/C24H25FN4O2/c1-24(2,28-14-13-17-5-3-4-6-18(17)15-28)16-26-23(31)21-11-12-22(30)29(27-21)20-9-7-19(25)8-10-20/h3-12H,13-16H2,1-2H3,(H,26,31). The topological polar surface area (TPSA) is 67.2 Å². The Morgan fingerprint density at radius 2 is 1.77 bits per heavy atom. The number of halogens is 1. The number of hydrogen-bond donors (Lipinski definition) is 1. The first kappa shape index (κ1) is 20.9. The first-order valence-corrected chi connectivity index (χ1v) is 10.3. The molecule has 0 aliphatic carbocycles. The van der Waals surface area contributed by atoms with Gasteiger partial charge in [0.15, 0.2) is 0 Å². The summed E-state index contributed by atoms with van der Waals surface area (Å²) in [4.78, 5) is 27.3. The maximum absolute atomic E-state index is 13.2. The maximum Gasteiger partial charge on any atom is 0.271 e. The van der Waals surface area contributed by atoms with Crippen LogP contribution in [-0.2, 0) is 13.0 Å². The van der Waals surface area contributed by atoms with Gasteiger partial charge in [-0.1, -0.05) is 24.3 Å². The van der Waals surface area contributed by atoms with Crippen LogP contribution >= 0.6 is 0 Å². The fourth-order valence-electron chi connectivity index (χ4n) is 3.81. The summed E-state index contributed by atoms with van der Waals surface area (Å²) < 4.78 is 14.3. The van der Waals surface area contributed by atoms with Gasteiger partial charge < -0.3 is 5.32 Å². The second-order valence-electron chi connectivity index (χ2n) is 8.38. The van der Waals surface area contributed by atoms with Crippen LogP contribution in [0.5, 0.6) is 0 Å². The zero-order valence-electron chi connectivity index (χ0n) is 17.6. The molecule has 0 saturated heterocycles. The Bertz CT molecular complexity index is 1150. The van der Waals surface area contributed by atoms with Crippen molar-refractivity contribution in [1.82, 2.24) is 20.0 Å². The van der Waals surface area contributed by atoms with Crippen LogP contribution < -0.4 is 10.9 Å². The Morgan fingerprint density at radius 1 is 1.06 bits per heavy atom. The molecule has 1 N–H and O–H groups in total. The van der Waals surface area contributed by atoms with Crippen molar-refractivity contribution in [1.29, 1.82) is 0 Å². The Balaban J connectivity index is 1.45. The normalized spacial score (nSPS) is 14.2. The molecule has 4 rings (SSSR count). The summed E-state index contributed by atoms with van der Waals surface area (Å²) in [5, 5.41) is 7.12. The third-order valence-electron chi connectivity index (χ3n) is 5.77. The number of amides is 1. The van der Waals surface area contributed by atoms with Gasteiger partial charge in [-0.25, -0.2) is 4.39 Å². The molecule has 0 bridgehead atoms. The molecule has 6 nitrogen and oxygen atoms in total. The van der Waals surface area contributed by atoms with E-state index in [1.54, 1.807) is 0 Å². The molecule has 1 amide bonds. The lowest BCUT2D eigenvalue weighted by Crippen LogP contribution is -2.53. The molecule has 2 heterocycles. The van der Waals surface area contributed by atoms with Gasteiger partial charge in [0, 0.05) is 31.2 Å². The summed E-state index contributed by atoms with van der Waals surface area (Å²) in [5.41, 5.74) is 2.58. The number of fused-ring (bicyclic) bond motifs is 1. The molecule has 0 fully saturated rings. The highest BCUT2D eigenvalue weighted by atomic mass is 19.1. The number of hydrogen-bond acceptors (Lipinski definition) is 4. The van der Waals surface area contributed by atoms with Crippen molar-refractivity contribution >= 4 is 5.91 Å². The van der Waals surface area contributed by atoms with Gasteiger partial charge in [-0.15, -0.1) is 0 Å². The summed E-state index contributed by atoms with van der Waals surface area (Å²) in [6, 6.07) is 16.5. The summed E-state index contributed by atoms with van der Waals surface area (Å²) in [6.07, 6.45) is 0.984. The van der Waals surface area contributed by atoms with Crippen molar-refractivity contribution in [3.8, 4) is 5.69 Å². The second-order valence-corrected chi connectivity index (χ2v) is 8.38. The molecule has 0 radical (unpaired) electrons. The molecule has 0 unspecified atom stereocenters. The van der Waals surface area contributed by atoms with E-state index in [4.69, 9.17) is 0 Å². The van der Waals surface area contributed by atoms with Gasteiger partial charge in [-0.2, -0.15) is 9.78 Å². The monoisotopic (exact) mass is 420 g/mol. The fraction of sp³-hybridized carbons (Fsp3) is 0.292. The highest BCUT2D eigenvalue weighted by Crippen LogP contribution is 2.25. The highest BCUT2D eigenvalue weighted by Gasteiger charge is 2.30. The predicted molar refractivity (Wildman–Crippen MR) is 117 cm³/mol. The van der Waals surface area contributed by atoms with E-state index in [0.29, 0.717) is 12.2 Å². The van der Waals surface area contributed by atoms with Gasteiger partial charge in [0.2, 0.25) is 0 Å². The number of nitrogens with zero attached hydrogens (tertiary/aromatic N) is 3. The lowest BCUT2D eigenvalue weighted by atomic mass is 9.94. The lowest BCUT2D eigenvalue weighted by molar-refractivity contribution is 0.0821. The Labute approximate surface area is 180 Å². The maximum atomic E-state index is 13.2. The van der Waals surface area contributed by atoms with Crippen LogP contribution in [0.25, 0.3) is 5.69 Å². The van der Waals surface area contributed by atoms with E-state index in [-0.39, 0.29) is 17.1 Å². The third-order valence-corrected chi connectivity index (χ3v) is 5.77. The summed E-state index contributed by atoms with van der Waals surface area (Å²) in [6.45, 7) is 6.41. The van der Waals surface area contributed by atoms with Crippen molar-refractivity contribution in [3.05, 3.63) is 93.7 Å². The molecule has 31 heavy (non-hydrogen) atoms. The van der Waals surface area contributed by atoms with Gasteiger partial charge in [0.25, 0.3) is 11.5 Å². The van der Waals surface area contributed by atoms with Crippen LogP contribution in [0.4, 0.5) is 4.39 Å². The van der Waals surface area contributed by atoms with E-state index in [9.17, 15) is 14.0 Å². The van der Waals surface area contributed by atoms with Gasteiger partial charge in [0.05, 0.1) is 5.69 Å². The van der Waals surface area contributed by atoms with Crippen LogP contribution in [0.3, 0.4) is 0 Å². The van der Waals surface area contributed by atoms with Crippen LogP contribution in [0.1, 0.15) is 35.5 Å². The van der Waals surface area contributed by atoms with Gasteiger partial charge in [-0.3, -0.25) is 14.5 Å². The van der Waals surface area contributed by atoms with Crippen LogP contribution in [0.15, 0.2) is 65.5 Å². The molecule has 0 saturated carbocycles. The van der Waals surface area contributed by atoms with E-state index in [1.165, 1.54) is 47.5 Å². The fourth-order valence-corrected chi connectivity index (χ4v) is 3.81. The molecular weight excluding hydrogens is 395 g/mol. The largest absolute Gasteiger partial charge is 0.349 e. The molecule has 7 heteroatoms. The third kappa shape index (κ3) is 4.56. The number of carbonyl (C=O) groups excluding carboxylic acids is 1. The van der Waals surface area contributed by atoms with Crippen molar-refractivity contribution in [3.63, 3.8) is 0 Å². The van der Waals surface area contributed by atoms with Crippen molar-refractivity contribution in [2.75, 3.05) is 13.1 Å². The Hall–Kier alpha value is -3.32. The molecular formula is C24H25FN4O2. The zero-order valence-corrected chi connectivity index (χ0v) is 17.6. The first-order valence-electron chi connectivity index (χ1n) is 10.3. The van der Waals surface area contributed by atoms with E-state index >= 15 is 0 Å². The van der Waals surface area contributed by atoms with Gasteiger partial charge in [0.1, 0.15) is 11.5 Å². The average Bonchev–Trinajstić information content (AvgIpc) is 2.78. The smallest absolute Gasteiger partial charge is 0.271 e. The molecule has 0 spiro atoms. The molecule has 0 atom stereocenters. The van der Waals surface area contributed by atoms with Crippen LogP contribution in [0, 0.1) is 5.82 Å². The Morgan fingerprint density at radius 3 is 2.52 bits per heavy atom. The van der Waals surface area contributed by atoms with E-state index in [2.05, 4.69) is 53.4 Å². The second kappa shape index (κ2) is 8.43. The number of carbonyl (C=O) groups is 1. The zero-order chi connectivity index (χ0) is 22.0. The number of aromatic nitrogens is 2. The summed E-state index contributed by atoms with van der Waals surface area (Å²) in [7, 11) is 0. The highest BCUT2D eigenvalue weighted by molar-refractivity contribution is 5.92. The predicted octanol–water partition coefficient (Wildman–Crippen LogP) is 2.94. The van der Waals surface area contributed by atoms with E-state index in [1.807, 2.05) is 0 Å². The van der Waals surface area contributed by atoms with E-state index in [0.717, 1.165) is 24.2 Å². The first-order chi connectivity index (χ1) is 14.8. The minimum atomic E-state index is -0.409. The Kier molecular flexibility index (Phi) is 5.69. The van der Waals surface area contributed by atoms with Gasteiger partial charge >= 0.3 is 0 Å². The summed E-state index contributed by atoms with van der Waals surface area (Å²) >= 11 is 0. The SMILES string of the molecule is CC(C)(CNC(=O)c1ccc(=O)n(-c2ccc(F)cc2)n1)N1CCc2ccccc2C1. The van der Waals surface area contributed by atoms with E-state index < -0.39 is 11.4 Å². The molecule has 3 aromatic rings. The molecule has 160 valence electrons. The van der Waals surface area contributed by atoms with Crippen LogP contribution in [-0.4, -0.2) is 39.2 Å². The number of nitrogens with one attached hydrogen (secondary N) is 1.